The average Bonchev–Trinajstić information content (AvgIpc) is 3.44. The molecule has 1 aliphatic heterocycles. The summed E-state index contributed by atoms with van der Waals surface area (Å²) in [6.45, 7) is 10.4. The van der Waals surface area contributed by atoms with Gasteiger partial charge in [0.05, 0.1) is 5.69 Å². The van der Waals surface area contributed by atoms with E-state index in [2.05, 4.69) is 71.2 Å². The highest BCUT2D eigenvalue weighted by Crippen LogP contribution is 2.38. The van der Waals surface area contributed by atoms with Crippen molar-refractivity contribution in [2.45, 2.75) is 58.3 Å². The number of aliphatic hydroxyl groups excluding tert-OH is 1. The van der Waals surface area contributed by atoms with Crippen LogP contribution in [0, 0.1) is 6.92 Å². The van der Waals surface area contributed by atoms with Gasteiger partial charge in [-0.05, 0) is 99.0 Å². The smallest absolute Gasteiger partial charge is 0.158 e. The lowest BCUT2D eigenvalue weighted by Gasteiger charge is -2.32. The number of nitrogens with zero attached hydrogens (tertiary/aromatic N) is 4. The molecule has 4 heterocycles. The van der Waals surface area contributed by atoms with Crippen molar-refractivity contribution in [3.63, 3.8) is 0 Å². The van der Waals surface area contributed by atoms with Crippen LogP contribution in [-0.2, 0) is 0 Å². The second kappa shape index (κ2) is 9.27. The number of aliphatic hydroxyl groups is 1. The molecule has 1 fully saturated rings. The van der Waals surface area contributed by atoms with E-state index < -0.39 is 0 Å². The first-order valence-electron chi connectivity index (χ1n) is 12.3. The van der Waals surface area contributed by atoms with Crippen molar-refractivity contribution >= 4 is 16.6 Å². The van der Waals surface area contributed by atoms with Crippen molar-refractivity contribution < 1.29 is 5.11 Å². The van der Waals surface area contributed by atoms with Gasteiger partial charge in [-0.25, -0.2) is 9.50 Å². The summed E-state index contributed by atoms with van der Waals surface area (Å²) in [4.78, 5) is 10.6. The Morgan fingerprint density at radius 3 is 2.73 bits per heavy atom. The molecular weight excluding hydrogens is 410 g/mol. The summed E-state index contributed by atoms with van der Waals surface area (Å²) >= 11 is 0. The highest BCUT2D eigenvalue weighted by atomic mass is 16.2. The summed E-state index contributed by atoms with van der Waals surface area (Å²) in [7, 11) is 0. The van der Waals surface area contributed by atoms with Gasteiger partial charge in [0, 0.05) is 29.3 Å². The molecular formula is C27H35N5O. The van der Waals surface area contributed by atoms with Crippen LogP contribution in [0.1, 0.15) is 68.1 Å². The minimum atomic E-state index is 0.305. The summed E-state index contributed by atoms with van der Waals surface area (Å²) in [6, 6.07) is 9.25. The van der Waals surface area contributed by atoms with E-state index in [-0.39, 0.29) is 0 Å². The lowest BCUT2D eigenvalue weighted by molar-refractivity contribution is 0.199. The van der Waals surface area contributed by atoms with E-state index in [0.717, 1.165) is 49.2 Å². The van der Waals surface area contributed by atoms with Crippen LogP contribution in [-0.4, -0.2) is 55.8 Å². The molecule has 1 saturated heterocycles. The maximum absolute atomic E-state index is 9.03. The Kier molecular flexibility index (Phi) is 6.21. The van der Waals surface area contributed by atoms with Crippen LogP contribution in [0.2, 0.25) is 0 Å². The average molecular weight is 446 g/mol. The van der Waals surface area contributed by atoms with Crippen molar-refractivity contribution in [1.29, 1.82) is 0 Å². The Bertz CT molecular complexity index is 1250. The minimum absolute atomic E-state index is 0.305. The number of unbranched alkanes of at least 4 members (excludes halogenated alkanes) is 1. The lowest BCUT2D eigenvalue weighted by atomic mass is 9.87. The van der Waals surface area contributed by atoms with Gasteiger partial charge in [-0.15, -0.1) is 0 Å². The van der Waals surface area contributed by atoms with Gasteiger partial charge < -0.3 is 15.0 Å². The summed E-state index contributed by atoms with van der Waals surface area (Å²) in [6.07, 6.45) is 8.12. The number of piperidine rings is 1. The highest BCUT2D eigenvalue weighted by Gasteiger charge is 2.23. The Morgan fingerprint density at radius 1 is 1.15 bits per heavy atom. The monoisotopic (exact) mass is 445 g/mol. The van der Waals surface area contributed by atoms with E-state index in [9.17, 15) is 0 Å². The van der Waals surface area contributed by atoms with Crippen molar-refractivity contribution in [1.82, 2.24) is 24.5 Å². The van der Waals surface area contributed by atoms with Crippen LogP contribution in [0.4, 0.5) is 0 Å². The number of nitrogens with one attached hydrogen (secondary N) is 1. The fourth-order valence-electron chi connectivity index (χ4n) is 5.48. The Labute approximate surface area is 195 Å². The molecule has 0 bridgehead atoms. The summed E-state index contributed by atoms with van der Waals surface area (Å²) in [5, 5.41) is 14.8. The summed E-state index contributed by atoms with van der Waals surface area (Å²) in [5.41, 5.74) is 8.44. The third-order valence-corrected chi connectivity index (χ3v) is 7.23. The summed E-state index contributed by atoms with van der Waals surface area (Å²) < 4.78 is 1.88. The molecule has 174 valence electrons. The molecule has 0 spiro atoms. The second-order valence-corrected chi connectivity index (χ2v) is 9.86. The molecule has 4 aromatic rings. The zero-order chi connectivity index (χ0) is 22.9. The molecule has 2 N–H and O–H groups in total. The van der Waals surface area contributed by atoms with Gasteiger partial charge in [0.1, 0.15) is 6.33 Å². The second-order valence-electron chi connectivity index (χ2n) is 9.86. The lowest BCUT2D eigenvalue weighted by Crippen LogP contribution is -2.33. The number of fused-ring (bicyclic) bond motifs is 2. The first-order valence-corrected chi connectivity index (χ1v) is 12.3. The predicted molar refractivity (Wildman–Crippen MR) is 134 cm³/mol. The van der Waals surface area contributed by atoms with E-state index in [0.29, 0.717) is 18.4 Å². The van der Waals surface area contributed by atoms with Crippen molar-refractivity contribution in [3.05, 3.63) is 53.5 Å². The van der Waals surface area contributed by atoms with Crippen molar-refractivity contribution in [2.24, 2.45) is 0 Å². The minimum Gasteiger partial charge on any atom is -0.396 e. The van der Waals surface area contributed by atoms with Gasteiger partial charge >= 0.3 is 0 Å². The van der Waals surface area contributed by atoms with Gasteiger partial charge in [0.2, 0.25) is 0 Å². The molecule has 0 atom stereocenters. The number of benzene rings is 1. The van der Waals surface area contributed by atoms with Crippen molar-refractivity contribution in [2.75, 3.05) is 26.2 Å². The Balaban J connectivity index is 1.45. The Morgan fingerprint density at radius 2 is 1.97 bits per heavy atom. The van der Waals surface area contributed by atoms with Gasteiger partial charge in [-0.3, -0.25) is 0 Å². The molecule has 0 radical (unpaired) electrons. The molecule has 6 heteroatoms. The maximum atomic E-state index is 9.03. The third kappa shape index (κ3) is 4.30. The molecule has 33 heavy (non-hydrogen) atoms. The number of likely N-dealkylation sites (tertiary alicyclic amines) is 1. The first-order chi connectivity index (χ1) is 16.0. The van der Waals surface area contributed by atoms with Crippen LogP contribution >= 0.6 is 0 Å². The zero-order valence-electron chi connectivity index (χ0n) is 20.0. The molecule has 0 saturated carbocycles. The first kappa shape index (κ1) is 22.1. The van der Waals surface area contributed by atoms with Crippen LogP contribution in [0.15, 0.2) is 36.8 Å². The van der Waals surface area contributed by atoms with Gasteiger partial charge in [-0.1, -0.05) is 19.9 Å². The van der Waals surface area contributed by atoms with Gasteiger partial charge in [0.25, 0.3) is 0 Å². The fourth-order valence-corrected chi connectivity index (χ4v) is 5.48. The molecule has 1 aromatic carbocycles. The number of aryl methyl sites for hydroxylation is 1. The van der Waals surface area contributed by atoms with E-state index in [1.165, 1.54) is 40.6 Å². The fraction of sp³-hybridized carbons (Fsp3) is 0.481. The van der Waals surface area contributed by atoms with Gasteiger partial charge in [-0.2, -0.15) is 5.10 Å². The van der Waals surface area contributed by atoms with Crippen molar-refractivity contribution in [3.8, 4) is 11.3 Å². The number of hydrogen-bond acceptors (Lipinski definition) is 4. The van der Waals surface area contributed by atoms with E-state index in [1.807, 2.05) is 4.52 Å². The van der Waals surface area contributed by atoms with E-state index in [1.54, 1.807) is 6.33 Å². The topological polar surface area (TPSA) is 69.5 Å². The predicted octanol–water partition coefficient (Wildman–Crippen LogP) is 5.26. The molecule has 0 unspecified atom stereocenters. The maximum Gasteiger partial charge on any atom is 0.158 e. The Hall–Kier alpha value is -2.70. The van der Waals surface area contributed by atoms with E-state index >= 15 is 0 Å². The number of hydrogen-bond donors (Lipinski definition) is 2. The molecule has 3 aromatic heterocycles. The molecule has 1 aliphatic rings. The van der Waals surface area contributed by atoms with Crippen LogP contribution < -0.4 is 0 Å². The SMILES string of the molecule is Cc1cc(-c2[nH]c3ccc(C4CCN(CCCCO)CC4)cc3c2C(C)C)cn2ncnc12. The number of rotatable bonds is 7. The standard InChI is InChI=1S/C27H35N5O/c1-18(2)25-23-15-21(20-8-11-31(12-9-20)10-4-5-13-33)6-7-24(23)30-26(25)22-14-19(3)27-28-17-29-32(27)16-22/h6-7,14-18,20,30,33H,4-5,8-13H2,1-3H3. The molecule has 5 rings (SSSR count). The number of aromatic nitrogens is 4. The molecule has 0 amide bonds. The number of H-pyrrole nitrogens is 1. The largest absolute Gasteiger partial charge is 0.396 e. The highest BCUT2D eigenvalue weighted by molar-refractivity contribution is 5.92. The van der Waals surface area contributed by atoms with E-state index in [4.69, 9.17) is 5.11 Å². The molecule has 6 nitrogen and oxygen atoms in total. The van der Waals surface area contributed by atoms with Crippen LogP contribution in [0.3, 0.4) is 0 Å². The zero-order valence-corrected chi connectivity index (χ0v) is 20.0. The third-order valence-electron chi connectivity index (χ3n) is 7.23. The number of aromatic amines is 1. The van der Waals surface area contributed by atoms with Crippen LogP contribution in [0.25, 0.3) is 27.8 Å². The normalized spacial score (nSPS) is 15.9. The number of pyridine rings is 1. The van der Waals surface area contributed by atoms with Gasteiger partial charge in [0.15, 0.2) is 5.65 Å². The molecule has 0 aliphatic carbocycles. The quantitative estimate of drug-likeness (QED) is 0.381. The summed E-state index contributed by atoms with van der Waals surface area (Å²) in [5.74, 6) is 1.03. The van der Waals surface area contributed by atoms with Crippen LogP contribution in [0.5, 0.6) is 0 Å².